The molecule has 0 fully saturated rings. The molecular weight excluding hydrogens is 486 g/mol. The predicted octanol–water partition coefficient (Wildman–Crippen LogP) is 7.03. The van der Waals surface area contributed by atoms with Gasteiger partial charge in [0.25, 0.3) is 0 Å². The number of carboxylic acids is 1. The number of allylic oxidation sites excluding steroid dienone is 1. The van der Waals surface area contributed by atoms with Crippen molar-refractivity contribution in [1.29, 1.82) is 0 Å². The highest BCUT2D eigenvalue weighted by molar-refractivity contribution is 6.30. The number of carboxylic acid groups (broad SMARTS) is 1. The molecule has 3 aromatic carbocycles. The van der Waals surface area contributed by atoms with E-state index < -0.39 is 23.8 Å². The minimum atomic E-state index is -1.04. The summed E-state index contributed by atoms with van der Waals surface area (Å²) < 4.78 is 5.73. The van der Waals surface area contributed by atoms with Crippen molar-refractivity contribution in [2.24, 2.45) is 10.9 Å². The molecule has 2 unspecified atom stereocenters. The van der Waals surface area contributed by atoms with Crippen LogP contribution in [0.4, 0.5) is 0 Å². The number of esters is 1. The monoisotopic (exact) mass is 515 g/mol. The number of aliphatic carboxylic acids is 1. The van der Waals surface area contributed by atoms with Gasteiger partial charge in [-0.3, -0.25) is 9.79 Å². The number of benzene rings is 3. The fourth-order valence-electron chi connectivity index (χ4n) is 5.11. The van der Waals surface area contributed by atoms with Gasteiger partial charge in [0.05, 0.1) is 12.2 Å². The first-order chi connectivity index (χ1) is 17.9. The van der Waals surface area contributed by atoms with Crippen molar-refractivity contribution in [2.45, 2.75) is 38.5 Å². The summed E-state index contributed by atoms with van der Waals surface area (Å²) in [5, 5.41) is 10.5. The maximum atomic E-state index is 13.4. The number of hydrogen-bond acceptors (Lipinski definition) is 4. The molecule has 0 spiro atoms. The molecule has 4 rings (SSSR count). The first kappa shape index (κ1) is 26.4. The Morgan fingerprint density at radius 1 is 0.946 bits per heavy atom. The molecule has 5 nitrogen and oxygen atoms in total. The fourth-order valence-corrected chi connectivity index (χ4v) is 5.31. The highest BCUT2D eigenvalue weighted by Crippen LogP contribution is 2.40. The Morgan fingerprint density at radius 3 is 2.14 bits per heavy atom. The molecular formula is C31H30ClNO4. The molecule has 6 heteroatoms. The number of rotatable bonds is 9. The summed E-state index contributed by atoms with van der Waals surface area (Å²) in [6, 6.07) is 27.5. The van der Waals surface area contributed by atoms with Crippen molar-refractivity contribution >= 4 is 29.3 Å². The number of halogens is 1. The lowest BCUT2D eigenvalue weighted by Gasteiger charge is -2.30. The van der Waals surface area contributed by atoms with Gasteiger partial charge in [-0.1, -0.05) is 84.4 Å². The Bertz CT molecular complexity index is 1280. The van der Waals surface area contributed by atoms with Crippen LogP contribution in [0.2, 0.25) is 5.02 Å². The van der Waals surface area contributed by atoms with Crippen molar-refractivity contribution in [1.82, 2.24) is 0 Å². The van der Waals surface area contributed by atoms with E-state index in [1.165, 1.54) is 11.1 Å². The van der Waals surface area contributed by atoms with Crippen LogP contribution in [-0.4, -0.2) is 29.4 Å². The third kappa shape index (κ3) is 6.17. The summed E-state index contributed by atoms with van der Waals surface area (Å²) >= 11 is 6.21. The summed E-state index contributed by atoms with van der Waals surface area (Å²) in [7, 11) is 0. The van der Waals surface area contributed by atoms with E-state index in [1.807, 2.05) is 36.4 Å². The van der Waals surface area contributed by atoms with Gasteiger partial charge >= 0.3 is 11.9 Å². The number of hydrogen-bond donors (Lipinski definition) is 1. The van der Waals surface area contributed by atoms with Gasteiger partial charge in [-0.15, -0.1) is 0 Å². The average molecular weight is 516 g/mol. The van der Waals surface area contributed by atoms with E-state index in [0.29, 0.717) is 28.4 Å². The minimum Gasteiger partial charge on any atom is -0.481 e. The van der Waals surface area contributed by atoms with Crippen LogP contribution in [0, 0.1) is 5.92 Å². The molecule has 0 aromatic heterocycles. The van der Waals surface area contributed by atoms with Gasteiger partial charge in [0.15, 0.2) is 0 Å². The Hall–Kier alpha value is -3.70. The van der Waals surface area contributed by atoms with Crippen molar-refractivity contribution in [3.8, 4) is 0 Å². The van der Waals surface area contributed by atoms with Crippen LogP contribution in [0.3, 0.4) is 0 Å². The number of nitrogens with zero attached hydrogens (tertiary/aromatic N) is 1. The van der Waals surface area contributed by atoms with E-state index in [0.717, 1.165) is 6.42 Å². The van der Waals surface area contributed by atoms with E-state index in [-0.39, 0.29) is 18.1 Å². The Morgan fingerprint density at radius 2 is 1.57 bits per heavy atom. The molecule has 1 N–H and O–H groups in total. The normalized spacial score (nSPS) is 17.5. The summed E-state index contributed by atoms with van der Waals surface area (Å²) in [5.41, 5.74) is 4.25. The standard InChI is InChI=1S/C31H30ClNO4/c1-20-27(30(34)35)29(24-15-9-16-25(32)19-24)28(21(2)33-20)31(36)37-18-10-17-26(22-11-5-3-6-12-22)23-13-7-4-8-14-23/h3-9,11-16,19,26-27,29H,10,17-18H2,1-2H3,(H,34,35). The third-order valence-corrected chi connectivity index (χ3v) is 7.03. The highest BCUT2D eigenvalue weighted by atomic mass is 35.5. The molecule has 0 amide bonds. The van der Waals surface area contributed by atoms with Crippen LogP contribution < -0.4 is 0 Å². The number of ether oxygens (including phenoxy) is 1. The molecule has 190 valence electrons. The molecule has 2 atom stereocenters. The fraction of sp³-hybridized carbons (Fsp3) is 0.258. The zero-order valence-corrected chi connectivity index (χ0v) is 21.7. The van der Waals surface area contributed by atoms with Crippen LogP contribution in [0.25, 0.3) is 0 Å². The van der Waals surface area contributed by atoms with E-state index in [4.69, 9.17) is 16.3 Å². The average Bonchev–Trinajstić information content (AvgIpc) is 2.89. The van der Waals surface area contributed by atoms with Crippen LogP contribution in [-0.2, 0) is 14.3 Å². The van der Waals surface area contributed by atoms with Gasteiger partial charge in [-0.05, 0) is 55.5 Å². The molecule has 1 heterocycles. The second-order valence-electron chi connectivity index (χ2n) is 9.25. The smallest absolute Gasteiger partial charge is 0.336 e. The van der Waals surface area contributed by atoms with Crippen molar-refractivity contribution < 1.29 is 19.4 Å². The first-order valence-corrected chi connectivity index (χ1v) is 12.8. The third-order valence-electron chi connectivity index (χ3n) is 6.80. The number of carbonyl (C=O) groups is 2. The maximum absolute atomic E-state index is 13.4. The Kier molecular flexibility index (Phi) is 8.57. The van der Waals surface area contributed by atoms with Gasteiger partial charge < -0.3 is 9.84 Å². The zero-order valence-electron chi connectivity index (χ0n) is 20.9. The summed E-state index contributed by atoms with van der Waals surface area (Å²) in [5.74, 6) is -3.12. The molecule has 0 saturated carbocycles. The molecule has 0 bridgehead atoms. The van der Waals surface area contributed by atoms with Gasteiger partial charge in [0, 0.05) is 28.3 Å². The molecule has 0 radical (unpaired) electrons. The zero-order chi connectivity index (χ0) is 26.4. The number of aliphatic imine (C=N–C) groups is 1. The highest BCUT2D eigenvalue weighted by Gasteiger charge is 2.41. The van der Waals surface area contributed by atoms with E-state index >= 15 is 0 Å². The summed E-state index contributed by atoms with van der Waals surface area (Å²) in [6.07, 6.45) is 1.45. The lowest BCUT2D eigenvalue weighted by atomic mass is 9.75. The minimum absolute atomic E-state index is 0.180. The predicted molar refractivity (Wildman–Crippen MR) is 146 cm³/mol. The maximum Gasteiger partial charge on any atom is 0.336 e. The second-order valence-corrected chi connectivity index (χ2v) is 9.69. The van der Waals surface area contributed by atoms with Gasteiger partial charge in [-0.25, -0.2) is 4.79 Å². The first-order valence-electron chi connectivity index (χ1n) is 12.4. The SMILES string of the molecule is CC1=NC(C)=C(C(=O)OCCCC(c2ccccc2)c2ccccc2)C(c2cccc(Cl)c2)C1C(=O)O. The topological polar surface area (TPSA) is 76.0 Å². The van der Waals surface area contributed by atoms with E-state index in [1.54, 1.807) is 38.1 Å². The van der Waals surface area contributed by atoms with Crippen LogP contribution in [0.15, 0.2) is 101 Å². The van der Waals surface area contributed by atoms with Gasteiger partial charge in [0.2, 0.25) is 0 Å². The largest absolute Gasteiger partial charge is 0.481 e. The number of carbonyl (C=O) groups excluding carboxylic acids is 1. The van der Waals surface area contributed by atoms with Crippen LogP contribution in [0.1, 0.15) is 55.2 Å². The molecule has 1 aliphatic rings. The molecule has 37 heavy (non-hydrogen) atoms. The van der Waals surface area contributed by atoms with Gasteiger partial charge in [0.1, 0.15) is 5.92 Å². The molecule has 0 aliphatic carbocycles. The lowest BCUT2D eigenvalue weighted by molar-refractivity contribution is -0.141. The van der Waals surface area contributed by atoms with Crippen LogP contribution >= 0.6 is 11.6 Å². The molecule has 0 saturated heterocycles. The summed E-state index contributed by atoms with van der Waals surface area (Å²) in [6.45, 7) is 3.61. The van der Waals surface area contributed by atoms with Gasteiger partial charge in [-0.2, -0.15) is 0 Å². The van der Waals surface area contributed by atoms with E-state index in [2.05, 4.69) is 29.3 Å². The second kappa shape index (κ2) is 12.0. The van der Waals surface area contributed by atoms with Crippen LogP contribution in [0.5, 0.6) is 0 Å². The van der Waals surface area contributed by atoms with Crippen molar-refractivity contribution in [3.05, 3.63) is 118 Å². The quantitative estimate of drug-likeness (QED) is 0.245. The Labute approximate surface area is 222 Å². The van der Waals surface area contributed by atoms with Crippen molar-refractivity contribution in [3.63, 3.8) is 0 Å². The van der Waals surface area contributed by atoms with E-state index in [9.17, 15) is 14.7 Å². The summed E-state index contributed by atoms with van der Waals surface area (Å²) in [4.78, 5) is 30.0. The molecule has 3 aromatic rings. The lowest BCUT2D eigenvalue weighted by Crippen LogP contribution is -2.35. The Balaban J connectivity index is 1.51. The van der Waals surface area contributed by atoms with Crippen molar-refractivity contribution in [2.75, 3.05) is 6.61 Å². The molecule has 1 aliphatic heterocycles.